The number of nitrogens with one attached hydrogen (secondary N) is 1. The molecule has 0 fully saturated rings. The Morgan fingerprint density at radius 2 is 1.52 bits per heavy atom. The number of methoxy groups -OCH3 is 3. The summed E-state index contributed by atoms with van der Waals surface area (Å²) in [4.78, 5) is 0. The zero-order valence-corrected chi connectivity index (χ0v) is 15.8. The topological polar surface area (TPSA) is 39.7 Å². The van der Waals surface area contributed by atoms with Crippen molar-refractivity contribution in [3.63, 3.8) is 0 Å². The van der Waals surface area contributed by atoms with Crippen LogP contribution in [0, 0.1) is 0 Å². The second-order valence-corrected chi connectivity index (χ2v) is 6.50. The maximum absolute atomic E-state index is 5.85. The van der Waals surface area contributed by atoms with E-state index in [9.17, 15) is 0 Å². The monoisotopic (exact) mass is 361 g/mol. The lowest BCUT2D eigenvalue weighted by molar-refractivity contribution is 0.322. The van der Waals surface area contributed by atoms with Crippen molar-refractivity contribution in [2.45, 2.75) is 12.5 Å². The fourth-order valence-corrected chi connectivity index (χ4v) is 3.93. The van der Waals surface area contributed by atoms with Crippen molar-refractivity contribution in [1.82, 2.24) is 0 Å². The molecule has 0 radical (unpaired) electrons. The zero-order chi connectivity index (χ0) is 18.8. The molecule has 27 heavy (non-hydrogen) atoms. The van der Waals surface area contributed by atoms with Gasteiger partial charge < -0.3 is 19.5 Å². The third-order valence-electron chi connectivity index (χ3n) is 5.13. The van der Waals surface area contributed by atoms with Crippen LogP contribution in [0.3, 0.4) is 0 Å². The standard InChI is InChI=1S/C23H23NO3/c1-25-19-13-18-21(23(27-3)22(19)26-2)20(15-9-5-4-6-10-15)17-12-8-7-11-16(17)14-24-18/h4-13,20,24H,14H2,1-3H3. The van der Waals surface area contributed by atoms with Crippen LogP contribution in [-0.2, 0) is 6.54 Å². The fraction of sp³-hybridized carbons (Fsp3) is 0.217. The highest BCUT2D eigenvalue weighted by Gasteiger charge is 2.31. The highest BCUT2D eigenvalue weighted by molar-refractivity contribution is 5.74. The van der Waals surface area contributed by atoms with E-state index in [1.165, 1.54) is 16.7 Å². The highest BCUT2D eigenvalue weighted by atomic mass is 16.5. The van der Waals surface area contributed by atoms with Crippen LogP contribution in [0.25, 0.3) is 0 Å². The summed E-state index contributed by atoms with van der Waals surface area (Å²) >= 11 is 0. The summed E-state index contributed by atoms with van der Waals surface area (Å²) in [7, 11) is 4.96. The molecular formula is C23H23NO3. The maximum Gasteiger partial charge on any atom is 0.203 e. The molecule has 3 aromatic rings. The summed E-state index contributed by atoms with van der Waals surface area (Å²) in [6, 6.07) is 21.0. The van der Waals surface area contributed by atoms with E-state index in [0.29, 0.717) is 17.2 Å². The molecule has 4 nitrogen and oxygen atoms in total. The number of ether oxygens (including phenoxy) is 3. The Hall–Kier alpha value is -3.14. The van der Waals surface area contributed by atoms with Crippen molar-refractivity contribution in [2.24, 2.45) is 0 Å². The molecule has 1 unspecified atom stereocenters. The third-order valence-corrected chi connectivity index (χ3v) is 5.13. The molecule has 0 bridgehead atoms. The van der Waals surface area contributed by atoms with Crippen LogP contribution < -0.4 is 19.5 Å². The van der Waals surface area contributed by atoms with Crippen molar-refractivity contribution in [1.29, 1.82) is 0 Å². The van der Waals surface area contributed by atoms with Crippen molar-refractivity contribution in [2.75, 3.05) is 26.6 Å². The lowest BCUT2D eigenvalue weighted by atomic mass is 9.82. The third kappa shape index (κ3) is 2.87. The predicted molar refractivity (Wildman–Crippen MR) is 107 cm³/mol. The number of hydrogen-bond donors (Lipinski definition) is 1. The van der Waals surface area contributed by atoms with Gasteiger partial charge in [0.25, 0.3) is 0 Å². The smallest absolute Gasteiger partial charge is 0.203 e. The SMILES string of the molecule is COc1cc2c(c(OC)c1OC)C(c1ccccc1)c1ccccc1CN2. The van der Waals surface area contributed by atoms with E-state index in [1.807, 2.05) is 12.1 Å². The summed E-state index contributed by atoms with van der Waals surface area (Å²) in [5.74, 6) is 1.99. The Kier molecular flexibility index (Phi) is 4.63. The number of benzene rings is 3. The first kappa shape index (κ1) is 17.3. The Balaban J connectivity index is 2.07. The predicted octanol–water partition coefficient (Wildman–Crippen LogP) is 4.82. The average Bonchev–Trinajstić information content (AvgIpc) is 2.89. The van der Waals surface area contributed by atoms with Crippen molar-refractivity contribution in [3.8, 4) is 17.2 Å². The zero-order valence-electron chi connectivity index (χ0n) is 15.8. The van der Waals surface area contributed by atoms with Gasteiger partial charge in [-0.3, -0.25) is 0 Å². The summed E-state index contributed by atoms with van der Waals surface area (Å²) in [5.41, 5.74) is 5.80. The first-order valence-corrected chi connectivity index (χ1v) is 8.98. The molecule has 0 spiro atoms. The van der Waals surface area contributed by atoms with Gasteiger partial charge in [-0.25, -0.2) is 0 Å². The quantitative estimate of drug-likeness (QED) is 0.723. The Bertz CT molecular complexity index is 953. The lowest BCUT2D eigenvalue weighted by Crippen LogP contribution is -2.08. The van der Waals surface area contributed by atoms with Crippen molar-refractivity contribution in [3.05, 3.63) is 82.9 Å². The molecule has 1 aliphatic rings. The van der Waals surface area contributed by atoms with Gasteiger partial charge in [0.1, 0.15) is 0 Å². The van der Waals surface area contributed by atoms with E-state index in [1.54, 1.807) is 21.3 Å². The fourth-order valence-electron chi connectivity index (χ4n) is 3.93. The number of hydrogen-bond acceptors (Lipinski definition) is 4. The molecule has 3 aromatic carbocycles. The largest absolute Gasteiger partial charge is 0.493 e. The van der Waals surface area contributed by atoms with Gasteiger partial charge in [0.15, 0.2) is 11.5 Å². The molecule has 0 amide bonds. The molecular weight excluding hydrogens is 338 g/mol. The van der Waals surface area contributed by atoms with Crippen LogP contribution in [0.2, 0.25) is 0 Å². The van der Waals surface area contributed by atoms with Gasteiger partial charge in [-0.15, -0.1) is 0 Å². The summed E-state index contributed by atoms with van der Waals surface area (Å²) in [5, 5.41) is 3.57. The molecule has 0 aliphatic carbocycles. The normalized spacial score (nSPS) is 15.0. The lowest BCUT2D eigenvalue weighted by Gasteiger charge is -2.25. The molecule has 1 heterocycles. The van der Waals surface area contributed by atoms with Crippen LogP contribution in [0.4, 0.5) is 5.69 Å². The Labute approximate surface area is 159 Å². The number of rotatable bonds is 4. The van der Waals surface area contributed by atoms with Gasteiger partial charge in [-0.05, 0) is 16.7 Å². The minimum Gasteiger partial charge on any atom is -0.493 e. The van der Waals surface area contributed by atoms with Gasteiger partial charge in [-0.2, -0.15) is 0 Å². The average molecular weight is 361 g/mol. The van der Waals surface area contributed by atoms with Crippen LogP contribution >= 0.6 is 0 Å². The van der Waals surface area contributed by atoms with Gasteiger partial charge >= 0.3 is 0 Å². The van der Waals surface area contributed by atoms with E-state index in [4.69, 9.17) is 14.2 Å². The van der Waals surface area contributed by atoms with Crippen LogP contribution in [-0.4, -0.2) is 21.3 Å². The molecule has 1 N–H and O–H groups in total. The van der Waals surface area contributed by atoms with Gasteiger partial charge in [-0.1, -0.05) is 54.6 Å². The molecule has 1 aliphatic heterocycles. The van der Waals surface area contributed by atoms with E-state index < -0.39 is 0 Å². The minimum atomic E-state index is 0.0298. The van der Waals surface area contributed by atoms with Gasteiger partial charge in [0.2, 0.25) is 5.75 Å². The van der Waals surface area contributed by atoms with Crippen LogP contribution in [0.15, 0.2) is 60.7 Å². The second kappa shape index (κ2) is 7.23. The molecule has 4 rings (SSSR count). The number of anilines is 1. The molecule has 0 saturated carbocycles. The molecule has 1 atom stereocenters. The van der Waals surface area contributed by atoms with E-state index >= 15 is 0 Å². The van der Waals surface area contributed by atoms with E-state index in [2.05, 4.69) is 53.8 Å². The van der Waals surface area contributed by atoms with Crippen LogP contribution in [0.5, 0.6) is 17.2 Å². The second-order valence-electron chi connectivity index (χ2n) is 6.50. The van der Waals surface area contributed by atoms with Gasteiger partial charge in [0.05, 0.1) is 21.3 Å². The molecule has 4 heteroatoms. The Morgan fingerprint density at radius 3 is 2.22 bits per heavy atom. The highest BCUT2D eigenvalue weighted by Crippen LogP contribution is 2.51. The molecule has 0 aromatic heterocycles. The summed E-state index contributed by atoms with van der Waals surface area (Å²) < 4.78 is 17.1. The van der Waals surface area contributed by atoms with E-state index in [-0.39, 0.29) is 5.92 Å². The summed E-state index contributed by atoms with van der Waals surface area (Å²) in [6.07, 6.45) is 0. The minimum absolute atomic E-state index is 0.0298. The first-order valence-electron chi connectivity index (χ1n) is 8.98. The van der Waals surface area contributed by atoms with Crippen molar-refractivity contribution < 1.29 is 14.2 Å². The maximum atomic E-state index is 5.85. The van der Waals surface area contributed by atoms with E-state index in [0.717, 1.165) is 17.8 Å². The van der Waals surface area contributed by atoms with Gasteiger partial charge in [0, 0.05) is 29.8 Å². The Morgan fingerprint density at radius 1 is 0.815 bits per heavy atom. The molecule has 138 valence electrons. The van der Waals surface area contributed by atoms with Crippen LogP contribution in [0.1, 0.15) is 28.2 Å². The number of fused-ring (bicyclic) bond motifs is 2. The summed E-state index contributed by atoms with van der Waals surface area (Å²) in [6.45, 7) is 0.741. The van der Waals surface area contributed by atoms with Crippen molar-refractivity contribution >= 4 is 5.69 Å². The first-order chi connectivity index (χ1) is 13.3. The molecule has 0 saturated heterocycles.